The van der Waals surface area contributed by atoms with Gasteiger partial charge in [0.15, 0.2) is 0 Å². The van der Waals surface area contributed by atoms with Crippen molar-refractivity contribution in [2.45, 2.75) is 12.8 Å². The van der Waals surface area contributed by atoms with Crippen LogP contribution < -0.4 is 0 Å². The van der Waals surface area contributed by atoms with Crippen LogP contribution in [0.15, 0.2) is 18.2 Å². The monoisotopic (exact) mass is 471 g/mol. The molecule has 1 aromatic carbocycles. The Bertz CT molecular complexity index is 816. The van der Waals surface area contributed by atoms with Gasteiger partial charge in [0, 0.05) is 39.3 Å². The topological polar surface area (TPSA) is 79.4 Å². The third kappa shape index (κ3) is 6.17. The summed E-state index contributed by atoms with van der Waals surface area (Å²) in [6, 6.07) is 5.39. The van der Waals surface area contributed by atoms with Crippen molar-refractivity contribution >= 4 is 40.8 Å². The van der Waals surface area contributed by atoms with Crippen LogP contribution in [0.1, 0.15) is 12.0 Å². The number of morpholine rings is 1. The number of hydrogen-bond acceptors (Lipinski definition) is 6. The molecule has 2 fully saturated rings. The first-order chi connectivity index (χ1) is 14.9. The number of hydroxylamine groups is 2. The second kappa shape index (κ2) is 11.2. The van der Waals surface area contributed by atoms with Gasteiger partial charge in [-0.2, -0.15) is 0 Å². The second-order valence-corrected chi connectivity index (χ2v) is 8.41. The van der Waals surface area contributed by atoms with Crippen molar-refractivity contribution in [1.29, 1.82) is 0 Å². The Kier molecular flexibility index (Phi) is 8.68. The Morgan fingerprint density at radius 2 is 1.94 bits per heavy atom. The number of likely N-dealkylation sites (tertiary alicyclic amines) is 1. The van der Waals surface area contributed by atoms with E-state index in [4.69, 9.17) is 32.8 Å². The molecular weight excluding hydrogens is 445 g/mol. The van der Waals surface area contributed by atoms with E-state index in [9.17, 15) is 14.4 Å². The number of amides is 2. The molecule has 0 spiro atoms. The lowest BCUT2D eigenvalue weighted by Gasteiger charge is -2.28. The highest BCUT2D eigenvalue weighted by Gasteiger charge is 2.44. The van der Waals surface area contributed by atoms with Crippen molar-refractivity contribution in [3.8, 4) is 0 Å². The van der Waals surface area contributed by atoms with Gasteiger partial charge in [-0.15, -0.1) is 0 Å². The number of halogens is 2. The standard InChI is InChI=1S/C21H27Cl2N3O5/c1-30-26(6-2-3-15-4-5-17(22)18(23)13-15)20(28)16-14-25(21(29)19(16)27)8-7-24-9-11-31-12-10-24/h4-5,13,16H,2-3,6-12,14H2,1H3. The molecule has 1 atom stereocenters. The molecule has 2 saturated heterocycles. The maximum absolute atomic E-state index is 12.9. The van der Waals surface area contributed by atoms with Gasteiger partial charge < -0.3 is 9.64 Å². The number of ether oxygens (including phenoxy) is 1. The number of hydrogen-bond donors (Lipinski definition) is 0. The molecule has 1 unspecified atom stereocenters. The van der Waals surface area contributed by atoms with E-state index in [-0.39, 0.29) is 6.54 Å². The number of ketones is 1. The lowest BCUT2D eigenvalue weighted by atomic mass is 10.1. The molecule has 0 bridgehead atoms. The summed E-state index contributed by atoms with van der Waals surface area (Å²) >= 11 is 12.0. The van der Waals surface area contributed by atoms with Crippen molar-refractivity contribution in [2.75, 3.05) is 59.6 Å². The highest BCUT2D eigenvalue weighted by molar-refractivity contribution is 6.42. The summed E-state index contributed by atoms with van der Waals surface area (Å²) in [5.74, 6) is -2.78. The van der Waals surface area contributed by atoms with Gasteiger partial charge in [0.1, 0.15) is 5.92 Å². The van der Waals surface area contributed by atoms with Crippen molar-refractivity contribution in [3.05, 3.63) is 33.8 Å². The number of benzene rings is 1. The summed E-state index contributed by atoms with van der Waals surface area (Å²) in [6.07, 6.45) is 1.26. The maximum Gasteiger partial charge on any atom is 0.290 e. The molecule has 0 N–H and O–H groups in total. The van der Waals surface area contributed by atoms with E-state index < -0.39 is 23.5 Å². The van der Waals surface area contributed by atoms with Crippen LogP contribution >= 0.6 is 23.2 Å². The molecular formula is C21H27Cl2N3O5. The van der Waals surface area contributed by atoms with E-state index in [1.165, 1.54) is 17.1 Å². The van der Waals surface area contributed by atoms with Gasteiger partial charge in [-0.05, 0) is 30.5 Å². The summed E-state index contributed by atoms with van der Waals surface area (Å²) in [4.78, 5) is 46.5. The van der Waals surface area contributed by atoms with E-state index >= 15 is 0 Å². The normalized spacial score (nSPS) is 19.8. The molecule has 2 aliphatic heterocycles. The van der Waals surface area contributed by atoms with Crippen LogP contribution in [0.25, 0.3) is 0 Å². The van der Waals surface area contributed by atoms with E-state index in [0.717, 1.165) is 18.7 Å². The second-order valence-electron chi connectivity index (χ2n) is 7.60. The van der Waals surface area contributed by atoms with Gasteiger partial charge in [0.2, 0.25) is 5.78 Å². The summed E-state index contributed by atoms with van der Waals surface area (Å²) in [7, 11) is 1.38. The van der Waals surface area contributed by atoms with Crippen molar-refractivity contribution in [2.24, 2.45) is 5.92 Å². The van der Waals surface area contributed by atoms with Crippen molar-refractivity contribution in [3.63, 3.8) is 0 Å². The smallest absolute Gasteiger partial charge is 0.290 e. The molecule has 2 heterocycles. The zero-order chi connectivity index (χ0) is 22.4. The summed E-state index contributed by atoms with van der Waals surface area (Å²) in [6.45, 7) is 4.38. The number of carbonyl (C=O) groups excluding carboxylic acids is 3. The first-order valence-electron chi connectivity index (χ1n) is 10.3. The van der Waals surface area contributed by atoms with E-state index in [0.29, 0.717) is 55.7 Å². The summed E-state index contributed by atoms with van der Waals surface area (Å²) < 4.78 is 5.32. The zero-order valence-corrected chi connectivity index (χ0v) is 19.0. The Morgan fingerprint density at radius 3 is 2.61 bits per heavy atom. The third-order valence-corrected chi connectivity index (χ3v) is 6.32. The molecule has 8 nitrogen and oxygen atoms in total. The number of aryl methyl sites for hydroxylation is 1. The molecule has 170 valence electrons. The van der Waals surface area contributed by atoms with E-state index in [1.807, 2.05) is 6.07 Å². The molecule has 10 heteroatoms. The van der Waals surface area contributed by atoms with E-state index in [2.05, 4.69) is 4.90 Å². The minimum atomic E-state index is -1.03. The maximum atomic E-state index is 12.9. The lowest BCUT2D eigenvalue weighted by molar-refractivity contribution is -0.181. The minimum absolute atomic E-state index is 0.0908. The van der Waals surface area contributed by atoms with Gasteiger partial charge in [-0.1, -0.05) is 29.3 Å². The van der Waals surface area contributed by atoms with Crippen LogP contribution in [0.2, 0.25) is 10.0 Å². The fourth-order valence-electron chi connectivity index (χ4n) is 3.75. The molecule has 0 aliphatic carbocycles. The first kappa shape index (κ1) is 23.9. The van der Waals surface area contributed by atoms with Crippen LogP contribution in [0.4, 0.5) is 0 Å². The van der Waals surface area contributed by atoms with E-state index in [1.54, 1.807) is 12.1 Å². The SMILES string of the molecule is CON(CCCc1ccc(Cl)c(Cl)c1)C(=O)C1CN(CCN2CCOCC2)C(=O)C1=O. The number of nitrogens with zero attached hydrogens (tertiary/aromatic N) is 3. The molecule has 2 amide bonds. The van der Waals surface area contributed by atoms with Gasteiger partial charge in [-0.3, -0.25) is 24.1 Å². The predicted molar refractivity (Wildman–Crippen MR) is 116 cm³/mol. The van der Waals surface area contributed by atoms with Crippen LogP contribution in [0.5, 0.6) is 0 Å². The number of carbonyl (C=O) groups is 3. The largest absolute Gasteiger partial charge is 0.379 e. The average Bonchev–Trinajstić information content (AvgIpc) is 3.06. The lowest BCUT2D eigenvalue weighted by Crippen LogP contribution is -2.42. The quantitative estimate of drug-likeness (QED) is 0.309. The van der Waals surface area contributed by atoms with Crippen LogP contribution in [-0.4, -0.2) is 92.1 Å². The molecule has 3 rings (SSSR count). The van der Waals surface area contributed by atoms with Gasteiger partial charge in [-0.25, -0.2) is 5.06 Å². The third-order valence-electron chi connectivity index (χ3n) is 5.58. The number of rotatable bonds is 9. The summed E-state index contributed by atoms with van der Waals surface area (Å²) in [5.41, 5.74) is 0.985. The fraction of sp³-hybridized carbons (Fsp3) is 0.571. The average molecular weight is 472 g/mol. The molecule has 0 aromatic heterocycles. The molecule has 31 heavy (non-hydrogen) atoms. The Balaban J connectivity index is 1.50. The minimum Gasteiger partial charge on any atom is -0.379 e. The zero-order valence-electron chi connectivity index (χ0n) is 17.5. The molecule has 1 aromatic rings. The first-order valence-corrected chi connectivity index (χ1v) is 11.1. The van der Waals surface area contributed by atoms with Crippen molar-refractivity contribution in [1.82, 2.24) is 14.9 Å². The molecule has 0 saturated carbocycles. The molecule has 2 aliphatic rings. The molecule has 0 radical (unpaired) electrons. The predicted octanol–water partition coefficient (Wildman–Crippen LogP) is 1.68. The Labute approximate surface area is 191 Å². The highest BCUT2D eigenvalue weighted by atomic mass is 35.5. The Morgan fingerprint density at radius 1 is 1.19 bits per heavy atom. The van der Waals surface area contributed by atoms with Crippen LogP contribution in [0, 0.1) is 5.92 Å². The van der Waals surface area contributed by atoms with Crippen molar-refractivity contribution < 1.29 is 24.0 Å². The fourth-order valence-corrected chi connectivity index (χ4v) is 4.07. The van der Waals surface area contributed by atoms with Crippen LogP contribution in [0.3, 0.4) is 0 Å². The van der Waals surface area contributed by atoms with Gasteiger partial charge >= 0.3 is 0 Å². The number of Topliss-reactive ketones (excluding diaryl/α,β-unsaturated/α-hetero) is 1. The van der Waals surface area contributed by atoms with Gasteiger partial charge in [0.25, 0.3) is 11.8 Å². The highest BCUT2D eigenvalue weighted by Crippen LogP contribution is 2.23. The Hall–Kier alpha value is -1.71. The van der Waals surface area contributed by atoms with Crippen LogP contribution in [-0.2, 0) is 30.4 Å². The summed E-state index contributed by atoms with van der Waals surface area (Å²) in [5, 5.41) is 2.13. The van der Waals surface area contributed by atoms with Gasteiger partial charge in [0.05, 0.1) is 30.4 Å².